The Bertz CT molecular complexity index is 454. The summed E-state index contributed by atoms with van der Waals surface area (Å²) in [5.74, 6) is -0.796. The number of alkyl halides is 1. The van der Waals surface area contributed by atoms with Crippen LogP contribution in [0.2, 0.25) is 5.02 Å². The zero-order valence-electron chi connectivity index (χ0n) is 10.3. The molecule has 1 atom stereocenters. The Hall–Kier alpha value is -1.17. The zero-order valence-corrected chi connectivity index (χ0v) is 11.8. The van der Waals surface area contributed by atoms with Crippen LogP contribution in [0.1, 0.15) is 17.3 Å². The summed E-state index contributed by atoms with van der Waals surface area (Å²) in [6.45, 7) is 2.30. The van der Waals surface area contributed by atoms with Crippen LogP contribution < -0.4 is 10.1 Å². The van der Waals surface area contributed by atoms with Crippen LogP contribution in [-0.4, -0.2) is 41.3 Å². The van der Waals surface area contributed by atoms with Crippen LogP contribution in [0.5, 0.6) is 5.75 Å². The molecule has 0 radical (unpaired) electrons. The lowest BCUT2D eigenvalue weighted by atomic mass is 10.1. The molecule has 0 saturated carbocycles. The number of nitrogens with one attached hydrogen (secondary N) is 1. The summed E-state index contributed by atoms with van der Waals surface area (Å²) in [6.07, 6.45) is -0.715. The minimum atomic E-state index is -1.11. The topological polar surface area (TPSA) is 78.8 Å². The van der Waals surface area contributed by atoms with Crippen molar-refractivity contribution in [2.75, 3.05) is 24.3 Å². The third-order valence-corrected chi connectivity index (χ3v) is 2.97. The van der Waals surface area contributed by atoms with Gasteiger partial charge in [-0.15, -0.1) is 11.6 Å². The normalized spacial score (nSPS) is 12.0. The Morgan fingerprint density at radius 3 is 2.74 bits per heavy atom. The van der Waals surface area contributed by atoms with Crippen molar-refractivity contribution in [2.24, 2.45) is 0 Å². The molecule has 1 rings (SSSR count). The SMILES string of the molecule is CCOc1cc(NCC(O)CCl)c(Cl)cc1C(=O)O. The molecule has 0 aliphatic carbocycles. The molecule has 1 unspecified atom stereocenters. The molecule has 1 aromatic rings. The van der Waals surface area contributed by atoms with Crippen LogP contribution in [0.4, 0.5) is 5.69 Å². The van der Waals surface area contributed by atoms with Gasteiger partial charge in [-0.2, -0.15) is 0 Å². The highest BCUT2D eigenvalue weighted by molar-refractivity contribution is 6.33. The number of aliphatic hydroxyl groups excluding tert-OH is 1. The van der Waals surface area contributed by atoms with Crippen molar-refractivity contribution in [3.63, 3.8) is 0 Å². The van der Waals surface area contributed by atoms with Gasteiger partial charge in [0.1, 0.15) is 11.3 Å². The summed E-state index contributed by atoms with van der Waals surface area (Å²) >= 11 is 11.5. The molecule has 106 valence electrons. The van der Waals surface area contributed by atoms with E-state index in [2.05, 4.69) is 5.32 Å². The minimum absolute atomic E-state index is 0.00436. The Morgan fingerprint density at radius 1 is 1.53 bits per heavy atom. The van der Waals surface area contributed by atoms with Crippen molar-refractivity contribution in [3.8, 4) is 5.75 Å². The lowest BCUT2D eigenvalue weighted by molar-refractivity contribution is 0.0692. The van der Waals surface area contributed by atoms with E-state index < -0.39 is 12.1 Å². The second-order valence-corrected chi connectivity index (χ2v) is 4.47. The molecule has 0 fully saturated rings. The fourth-order valence-corrected chi connectivity index (χ4v) is 1.75. The smallest absolute Gasteiger partial charge is 0.339 e. The first-order valence-corrected chi connectivity index (χ1v) is 6.58. The number of aromatic carboxylic acids is 1. The maximum absolute atomic E-state index is 11.1. The van der Waals surface area contributed by atoms with Crippen molar-refractivity contribution >= 4 is 34.9 Å². The molecule has 0 spiro atoms. The van der Waals surface area contributed by atoms with Crippen LogP contribution in [0.25, 0.3) is 0 Å². The Balaban J connectivity index is 2.99. The van der Waals surface area contributed by atoms with Gasteiger partial charge >= 0.3 is 5.97 Å². The van der Waals surface area contributed by atoms with Crippen molar-refractivity contribution in [1.29, 1.82) is 0 Å². The summed E-state index contributed by atoms with van der Waals surface area (Å²) < 4.78 is 5.26. The van der Waals surface area contributed by atoms with Gasteiger partial charge in [0, 0.05) is 12.6 Å². The number of ether oxygens (including phenoxy) is 1. The highest BCUT2D eigenvalue weighted by Gasteiger charge is 2.15. The molecule has 0 saturated heterocycles. The fraction of sp³-hybridized carbons (Fsp3) is 0.417. The van der Waals surface area contributed by atoms with Crippen molar-refractivity contribution in [3.05, 3.63) is 22.7 Å². The van der Waals surface area contributed by atoms with E-state index in [1.807, 2.05) is 0 Å². The van der Waals surface area contributed by atoms with E-state index in [0.29, 0.717) is 12.3 Å². The first-order chi connectivity index (χ1) is 8.99. The molecule has 0 aromatic heterocycles. The third-order valence-electron chi connectivity index (χ3n) is 2.31. The first-order valence-electron chi connectivity index (χ1n) is 5.67. The number of aliphatic hydroxyl groups is 1. The van der Waals surface area contributed by atoms with Crippen LogP contribution in [0, 0.1) is 0 Å². The van der Waals surface area contributed by atoms with E-state index in [4.69, 9.17) is 33.0 Å². The van der Waals surface area contributed by atoms with Gasteiger partial charge in [-0.05, 0) is 13.0 Å². The molecule has 5 nitrogen and oxygen atoms in total. The summed E-state index contributed by atoms with van der Waals surface area (Å²) in [6, 6.07) is 2.81. The third kappa shape index (κ3) is 4.45. The monoisotopic (exact) mass is 307 g/mol. The molecule has 3 N–H and O–H groups in total. The molecule has 0 amide bonds. The van der Waals surface area contributed by atoms with Crippen molar-refractivity contribution < 1.29 is 19.7 Å². The molecular formula is C12H15Cl2NO4. The van der Waals surface area contributed by atoms with E-state index in [9.17, 15) is 9.90 Å². The van der Waals surface area contributed by atoms with Crippen molar-refractivity contribution in [1.82, 2.24) is 0 Å². The standard InChI is InChI=1S/C12H15Cl2NO4/c1-2-19-11-4-10(15-6-7(16)5-13)9(14)3-8(11)12(17)18/h3-4,7,15-16H,2,5-6H2,1H3,(H,17,18). The first kappa shape index (κ1) is 15.9. The predicted octanol–water partition coefficient (Wildman–Crippen LogP) is 2.45. The average molecular weight is 308 g/mol. The summed E-state index contributed by atoms with van der Waals surface area (Å²) in [5, 5.41) is 21.5. The molecule has 0 aliphatic rings. The van der Waals surface area contributed by atoms with Gasteiger partial charge in [0.05, 0.1) is 29.3 Å². The quantitative estimate of drug-likeness (QED) is 0.674. The number of benzene rings is 1. The molecule has 0 aliphatic heterocycles. The summed E-state index contributed by atoms with van der Waals surface area (Å²) in [7, 11) is 0. The number of anilines is 1. The van der Waals surface area contributed by atoms with Gasteiger partial charge in [-0.25, -0.2) is 4.79 Å². The number of halogens is 2. The van der Waals surface area contributed by atoms with Gasteiger partial charge in [0.25, 0.3) is 0 Å². The van der Waals surface area contributed by atoms with Gasteiger partial charge in [0.15, 0.2) is 0 Å². The largest absolute Gasteiger partial charge is 0.493 e. The fourth-order valence-electron chi connectivity index (χ4n) is 1.41. The van der Waals surface area contributed by atoms with E-state index in [-0.39, 0.29) is 28.8 Å². The van der Waals surface area contributed by atoms with Crippen LogP contribution in [-0.2, 0) is 0 Å². The molecule has 0 heterocycles. The van der Waals surface area contributed by atoms with E-state index >= 15 is 0 Å². The number of carboxylic acids is 1. The van der Waals surface area contributed by atoms with Crippen LogP contribution in [0.3, 0.4) is 0 Å². The lowest BCUT2D eigenvalue weighted by Crippen LogP contribution is -2.21. The Morgan fingerprint density at radius 2 is 2.21 bits per heavy atom. The second kappa shape index (κ2) is 7.43. The number of hydrogen-bond donors (Lipinski definition) is 3. The number of carbonyl (C=O) groups is 1. The summed E-state index contributed by atoms with van der Waals surface area (Å²) in [4.78, 5) is 11.1. The van der Waals surface area contributed by atoms with E-state index in [1.54, 1.807) is 6.92 Å². The maximum Gasteiger partial charge on any atom is 0.339 e. The van der Waals surface area contributed by atoms with Gasteiger partial charge in [-0.1, -0.05) is 11.6 Å². The number of carboxylic acid groups (broad SMARTS) is 1. The molecule has 7 heteroatoms. The zero-order chi connectivity index (χ0) is 14.4. The average Bonchev–Trinajstić information content (AvgIpc) is 2.38. The van der Waals surface area contributed by atoms with Crippen LogP contribution >= 0.6 is 23.2 Å². The van der Waals surface area contributed by atoms with Crippen molar-refractivity contribution in [2.45, 2.75) is 13.0 Å². The molecule has 19 heavy (non-hydrogen) atoms. The molecular weight excluding hydrogens is 293 g/mol. The maximum atomic E-state index is 11.1. The van der Waals surface area contributed by atoms with Gasteiger partial charge in [0.2, 0.25) is 0 Å². The van der Waals surface area contributed by atoms with Gasteiger partial charge < -0.3 is 20.3 Å². The second-order valence-electron chi connectivity index (χ2n) is 3.76. The van der Waals surface area contributed by atoms with E-state index in [0.717, 1.165) is 0 Å². The number of hydrogen-bond acceptors (Lipinski definition) is 4. The predicted molar refractivity (Wildman–Crippen MR) is 74.8 cm³/mol. The van der Waals surface area contributed by atoms with Gasteiger partial charge in [-0.3, -0.25) is 0 Å². The lowest BCUT2D eigenvalue weighted by Gasteiger charge is -2.14. The molecule has 0 bridgehead atoms. The highest BCUT2D eigenvalue weighted by Crippen LogP contribution is 2.31. The molecule has 1 aromatic carbocycles. The number of rotatable bonds is 7. The van der Waals surface area contributed by atoms with Crippen LogP contribution in [0.15, 0.2) is 12.1 Å². The Kier molecular flexibility index (Phi) is 6.21. The Labute approximate surface area is 121 Å². The summed E-state index contributed by atoms with van der Waals surface area (Å²) in [5.41, 5.74) is 0.481. The highest BCUT2D eigenvalue weighted by atomic mass is 35.5. The minimum Gasteiger partial charge on any atom is -0.493 e. The van der Waals surface area contributed by atoms with E-state index in [1.165, 1.54) is 12.1 Å².